The average Bonchev–Trinajstić information content (AvgIpc) is 2.81. The lowest BCUT2D eigenvalue weighted by molar-refractivity contribution is 0.102. The monoisotopic (exact) mass is 428 g/mol. The fraction of sp³-hybridized carbons (Fsp3) is 0.185. The maximum atomic E-state index is 13.3. The van der Waals surface area contributed by atoms with E-state index in [0.29, 0.717) is 10.6 Å². The number of anilines is 1. The van der Waals surface area contributed by atoms with Crippen molar-refractivity contribution in [1.82, 2.24) is 4.98 Å². The van der Waals surface area contributed by atoms with Crippen molar-refractivity contribution in [2.24, 2.45) is 0 Å². The molecular weight excluding hydrogens is 404 g/mol. The Balaban J connectivity index is 1.81. The number of rotatable bonds is 5. The van der Waals surface area contributed by atoms with Gasteiger partial charge in [0.2, 0.25) is 0 Å². The summed E-state index contributed by atoms with van der Waals surface area (Å²) in [7, 11) is 0. The van der Waals surface area contributed by atoms with Gasteiger partial charge in [0, 0.05) is 21.7 Å². The third kappa shape index (κ3) is 4.33. The van der Waals surface area contributed by atoms with Gasteiger partial charge in [-0.25, -0.2) is 4.98 Å². The first kappa shape index (κ1) is 21.1. The molecule has 0 aliphatic rings. The van der Waals surface area contributed by atoms with Crippen molar-refractivity contribution in [3.63, 3.8) is 0 Å². The predicted octanol–water partition coefficient (Wildman–Crippen LogP) is 7.24. The van der Waals surface area contributed by atoms with E-state index in [2.05, 4.69) is 43.4 Å². The van der Waals surface area contributed by atoms with E-state index < -0.39 is 0 Å². The number of aromatic nitrogens is 1. The lowest BCUT2D eigenvalue weighted by atomic mass is 10.0. The van der Waals surface area contributed by atoms with Crippen molar-refractivity contribution in [3.8, 4) is 11.3 Å². The van der Waals surface area contributed by atoms with Crippen molar-refractivity contribution in [2.75, 3.05) is 5.32 Å². The second kappa shape index (κ2) is 8.91. The Hall–Kier alpha value is -3.17. The van der Waals surface area contributed by atoms with Crippen LogP contribution >= 0.6 is 11.6 Å². The number of aryl methyl sites for hydroxylation is 3. The Morgan fingerprint density at radius 2 is 1.52 bits per heavy atom. The summed E-state index contributed by atoms with van der Waals surface area (Å²) < 4.78 is 0. The minimum Gasteiger partial charge on any atom is -0.322 e. The lowest BCUT2D eigenvalue weighted by Crippen LogP contribution is -2.13. The maximum absolute atomic E-state index is 13.3. The van der Waals surface area contributed by atoms with Crippen molar-refractivity contribution in [1.29, 1.82) is 0 Å². The Labute approximate surface area is 188 Å². The molecule has 4 heteroatoms. The van der Waals surface area contributed by atoms with Crippen LogP contribution in [0, 0.1) is 6.92 Å². The van der Waals surface area contributed by atoms with Gasteiger partial charge in [0.1, 0.15) is 0 Å². The molecule has 0 unspecified atom stereocenters. The van der Waals surface area contributed by atoms with Crippen LogP contribution in [-0.2, 0) is 12.8 Å². The number of fused-ring (bicyclic) bond motifs is 1. The number of hydrogen-bond donors (Lipinski definition) is 1. The molecule has 4 aromatic rings. The van der Waals surface area contributed by atoms with Crippen molar-refractivity contribution in [2.45, 2.75) is 33.6 Å². The topological polar surface area (TPSA) is 42.0 Å². The van der Waals surface area contributed by atoms with E-state index in [9.17, 15) is 4.79 Å². The average molecular weight is 429 g/mol. The molecule has 0 aliphatic carbocycles. The number of amides is 1. The number of carbonyl (C=O) groups is 1. The van der Waals surface area contributed by atoms with E-state index >= 15 is 0 Å². The first-order chi connectivity index (χ1) is 15.0. The van der Waals surface area contributed by atoms with Gasteiger partial charge in [0.05, 0.1) is 16.8 Å². The molecule has 3 nitrogen and oxygen atoms in total. The SMILES string of the molecule is CCc1ccc(NC(=O)c2cc(-c3ccc(CC)cc3)nc3c(C)c(Cl)ccc23)cc1. The van der Waals surface area contributed by atoms with Crippen LogP contribution in [0.5, 0.6) is 0 Å². The van der Waals surface area contributed by atoms with Gasteiger partial charge in [-0.1, -0.05) is 67.9 Å². The summed E-state index contributed by atoms with van der Waals surface area (Å²) in [6, 6.07) is 21.8. The van der Waals surface area contributed by atoms with E-state index in [4.69, 9.17) is 16.6 Å². The van der Waals surface area contributed by atoms with Gasteiger partial charge in [0.25, 0.3) is 5.91 Å². The van der Waals surface area contributed by atoms with Gasteiger partial charge in [-0.3, -0.25) is 4.79 Å². The zero-order valence-electron chi connectivity index (χ0n) is 18.0. The second-order valence-electron chi connectivity index (χ2n) is 7.68. The molecule has 0 radical (unpaired) electrons. The largest absolute Gasteiger partial charge is 0.322 e. The van der Waals surface area contributed by atoms with Gasteiger partial charge in [-0.05, 0) is 60.7 Å². The van der Waals surface area contributed by atoms with E-state index in [1.165, 1.54) is 11.1 Å². The molecule has 0 atom stereocenters. The fourth-order valence-electron chi connectivity index (χ4n) is 3.67. The third-order valence-corrected chi connectivity index (χ3v) is 6.10. The van der Waals surface area contributed by atoms with E-state index in [-0.39, 0.29) is 5.91 Å². The molecular formula is C27H25ClN2O. The zero-order chi connectivity index (χ0) is 22.0. The Morgan fingerprint density at radius 1 is 0.903 bits per heavy atom. The highest BCUT2D eigenvalue weighted by Gasteiger charge is 2.17. The number of hydrogen-bond acceptors (Lipinski definition) is 2. The number of carbonyl (C=O) groups excluding carboxylic acids is 1. The standard InChI is InChI=1S/C27H25ClN2O/c1-4-18-6-10-20(11-7-18)25-16-23(22-14-15-24(28)17(3)26(22)30-25)27(31)29-21-12-8-19(5-2)9-13-21/h6-16H,4-5H2,1-3H3,(H,29,31). The number of nitrogens with one attached hydrogen (secondary N) is 1. The molecule has 0 fully saturated rings. The third-order valence-electron chi connectivity index (χ3n) is 5.69. The fourth-order valence-corrected chi connectivity index (χ4v) is 3.83. The van der Waals surface area contributed by atoms with Crippen LogP contribution in [0.3, 0.4) is 0 Å². The molecule has 4 rings (SSSR count). The highest BCUT2D eigenvalue weighted by atomic mass is 35.5. The quantitative estimate of drug-likeness (QED) is 0.364. The van der Waals surface area contributed by atoms with Gasteiger partial charge in [-0.15, -0.1) is 0 Å². The Morgan fingerprint density at radius 3 is 2.13 bits per heavy atom. The van der Waals surface area contributed by atoms with Crippen LogP contribution < -0.4 is 5.32 Å². The number of benzene rings is 3. The molecule has 0 saturated heterocycles. The second-order valence-corrected chi connectivity index (χ2v) is 8.09. The minimum absolute atomic E-state index is 0.162. The number of pyridine rings is 1. The molecule has 31 heavy (non-hydrogen) atoms. The highest BCUT2D eigenvalue weighted by molar-refractivity contribution is 6.32. The molecule has 156 valence electrons. The van der Waals surface area contributed by atoms with Crippen LogP contribution in [0.2, 0.25) is 5.02 Å². The predicted molar refractivity (Wildman–Crippen MR) is 130 cm³/mol. The maximum Gasteiger partial charge on any atom is 0.256 e. The van der Waals surface area contributed by atoms with Crippen molar-refractivity contribution < 1.29 is 4.79 Å². The Kier molecular flexibility index (Phi) is 6.06. The summed E-state index contributed by atoms with van der Waals surface area (Å²) in [6.45, 7) is 6.18. The Bertz CT molecular complexity index is 1250. The number of nitrogens with zero attached hydrogens (tertiary/aromatic N) is 1. The first-order valence-electron chi connectivity index (χ1n) is 10.6. The summed E-state index contributed by atoms with van der Waals surface area (Å²) in [6.07, 6.45) is 1.94. The van der Waals surface area contributed by atoms with E-state index in [0.717, 1.165) is 46.3 Å². The van der Waals surface area contributed by atoms with Crippen molar-refractivity contribution in [3.05, 3.63) is 94.0 Å². The zero-order valence-corrected chi connectivity index (χ0v) is 18.8. The van der Waals surface area contributed by atoms with Crippen LogP contribution in [-0.4, -0.2) is 10.9 Å². The van der Waals surface area contributed by atoms with Crippen molar-refractivity contribution >= 4 is 34.1 Å². The molecule has 3 aromatic carbocycles. The summed E-state index contributed by atoms with van der Waals surface area (Å²) in [5.41, 5.74) is 7.19. The smallest absolute Gasteiger partial charge is 0.256 e. The minimum atomic E-state index is -0.162. The first-order valence-corrected chi connectivity index (χ1v) is 11.0. The van der Waals surface area contributed by atoms with Crippen LogP contribution in [0.1, 0.15) is 40.9 Å². The van der Waals surface area contributed by atoms with Gasteiger partial charge in [-0.2, -0.15) is 0 Å². The molecule has 1 amide bonds. The molecule has 0 spiro atoms. The summed E-state index contributed by atoms with van der Waals surface area (Å²) >= 11 is 6.38. The molecule has 1 N–H and O–H groups in total. The molecule has 1 aromatic heterocycles. The van der Waals surface area contributed by atoms with Crippen LogP contribution in [0.15, 0.2) is 66.7 Å². The van der Waals surface area contributed by atoms with E-state index in [1.807, 2.05) is 49.4 Å². The molecule has 0 aliphatic heterocycles. The van der Waals surface area contributed by atoms with Crippen LogP contribution in [0.25, 0.3) is 22.2 Å². The van der Waals surface area contributed by atoms with Crippen LogP contribution in [0.4, 0.5) is 5.69 Å². The summed E-state index contributed by atoms with van der Waals surface area (Å²) in [4.78, 5) is 18.2. The summed E-state index contributed by atoms with van der Waals surface area (Å²) in [5.74, 6) is -0.162. The molecule has 1 heterocycles. The normalized spacial score (nSPS) is 11.0. The lowest BCUT2D eigenvalue weighted by Gasteiger charge is -2.13. The summed E-state index contributed by atoms with van der Waals surface area (Å²) in [5, 5.41) is 4.46. The highest BCUT2D eigenvalue weighted by Crippen LogP contribution is 2.31. The molecule has 0 bridgehead atoms. The van der Waals surface area contributed by atoms with E-state index in [1.54, 1.807) is 0 Å². The molecule has 0 saturated carbocycles. The van der Waals surface area contributed by atoms with Gasteiger partial charge in [0.15, 0.2) is 0 Å². The van der Waals surface area contributed by atoms with Gasteiger partial charge < -0.3 is 5.32 Å². The number of halogens is 1. The van der Waals surface area contributed by atoms with Gasteiger partial charge >= 0.3 is 0 Å².